The van der Waals surface area contributed by atoms with E-state index in [1.54, 1.807) is 11.8 Å². The quantitative estimate of drug-likeness (QED) is 0.862. The molecule has 0 aliphatic carbocycles. The SMILES string of the molecule is CCN1C(=O)CSC1c1cn(Cc2ccccc2)nn1. The van der Waals surface area contributed by atoms with Gasteiger partial charge in [-0.3, -0.25) is 4.79 Å². The summed E-state index contributed by atoms with van der Waals surface area (Å²) >= 11 is 1.62. The number of carbonyl (C=O) groups excluding carboxylic acids is 1. The van der Waals surface area contributed by atoms with Crippen LogP contribution in [0.25, 0.3) is 0 Å². The molecule has 1 aromatic carbocycles. The number of amides is 1. The van der Waals surface area contributed by atoms with E-state index >= 15 is 0 Å². The highest BCUT2D eigenvalue weighted by Gasteiger charge is 2.33. The Kier molecular flexibility index (Phi) is 3.73. The van der Waals surface area contributed by atoms with Crippen LogP contribution in [0.5, 0.6) is 0 Å². The van der Waals surface area contributed by atoms with E-state index < -0.39 is 0 Å². The third-order valence-corrected chi connectivity index (χ3v) is 4.53. The van der Waals surface area contributed by atoms with Crippen LogP contribution in [0.3, 0.4) is 0 Å². The van der Waals surface area contributed by atoms with Crippen LogP contribution in [0.15, 0.2) is 36.5 Å². The number of hydrogen-bond acceptors (Lipinski definition) is 4. The Balaban J connectivity index is 1.75. The van der Waals surface area contributed by atoms with Gasteiger partial charge < -0.3 is 4.90 Å². The van der Waals surface area contributed by atoms with Crippen LogP contribution in [-0.2, 0) is 11.3 Å². The van der Waals surface area contributed by atoms with Gasteiger partial charge in [-0.1, -0.05) is 35.5 Å². The number of nitrogens with zero attached hydrogens (tertiary/aromatic N) is 4. The average molecular weight is 288 g/mol. The van der Waals surface area contributed by atoms with Crippen LogP contribution < -0.4 is 0 Å². The van der Waals surface area contributed by atoms with E-state index in [9.17, 15) is 4.79 Å². The Morgan fingerprint density at radius 2 is 2.15 bits per heavy atom. The number of rotatable bonds is 4. The van der Waals surface area contributed by atoms with Gasteiger partial charge in [-0.15, -0.1) is 16.9 Å². The maximum atomic E-state index is 11.7. The molecule has 0 N–H and O–H groups in total. The van der Waals surface area contributed by atoms with Crippen molar-refractivity contribution >= 4 is 17.7 Å². The van der Waals surface area contributed by atoms with Crippen LogP contribution in [0, 0.1) is 0 Å². The molecule has 1 aliphatic heterocycles. The first-order valence-electron chi connectivity index (χ1n) is 6.63. The number of thioether (sulfide) groups is 1. The Bertz CT molecular complexity index is 598. The summed E-state index contributed by atoms with van der Waals surface area (Å²) in [5, 5.41) is 8.40. The summed E-state index contributed by atoms with van der Waals surface area (Å²) in [5.74, 6) is 0.712. The lowest BCUT2D eigenvalue weighted by Gasteiger charge is -2.19. The van der Waals surface area contributed by atoms with Crippen molar-refractivity contribution < 1.29 is 4.79 Å². The second-order valence-corrected chi connectivity index (χ2v) is 5.74. The van der Waals surface area contributed by atoms with Gasteiger partial charge in [0, 0.05) is 6.54 Å². The Labute approximate surface area is 122 Å². The lowest BCUT2D eigenvalue weighted by molar-refractivity contribution is -0.127. The minimum atomic E-state index is 0.0111. The standard InChI is InChI=1S/C14H16N4OS/c1-2-18-13(19)10-20-14(18)12-9-17(16-15-12)8-11-6-4-3-5-7-11/h3-7,9,14H,2,8,10H2,1H3. The van der Waals surface area contributed by atoms with Gasteiger partial charge in [0.15, 0.2) is 0 Å². The summed E-state index contributed by atoms with van der Waals surface area (Å²) in [6, 6.07) is 10.1. The molecule has 104 valence electrons. The number of hydrogen-bond donors (Lipinski definition) is 0. The molecular weight excluding hydrogens is 272 g/mol. The highest BCUT2D eigenvalue weighted by molar-refractivity contribution is 8.00. The highest BCUT2D eigenvalue weighted by atomic mass is 32.2. The Morgan fingerprint density at radius 1 is 1.35 bits per heavy atom. The van der Waals surface area contributed by atoms with Crippen LogP contribution in [-0.4, -0.2) is 38.1 Å². The first-order valence-corrected chi connectivity index (χ1v) is 7.68. The predicted octanol–water partition coefficient (Wildman–Crippen LogP) is 1.92. The summed E-state index contributed by atoms with van der Waals surface area (Å²) in [7, 11) is 0. The van der Waals surface area contributed by atoms with Crippen molar-refractivity contribution in [2.45, 2.75) is 18.8 Å². The normalized spacial score (nSPS) is 18.8. The molecule has 0 saturated carbocycles. The molecule has 20 heavy (non-hydrogen) atoms. The summed E-state index contributed by atoms with van der Waals surface area (Å²) in [6.45, 7) is 3.40. The van der Waals surface area contributed by atoms with Crippen molar-refractivity contribution in [3.05, 3.63) is 47.8 Å². The van der Waals surface area contributed by atoms with E-state index in [-0.39, 0.29) is 11.3 Å². The second kappa shape index (κ2) is 5.66. The van der Waals surface area contributed by atoms with E-state index in [0.717, 1.165) is 5.69 Å². The fourth-order valence-corrected chi connectivity index (χ4v) is 3.51. The van der Waals surface area contributed by atoms with Gasteiger partial charge in [-0.2, -0.15) is 0 Å². The molecule has 1 aromatic heterocycles. The van der Waals surface area contributed by atoms with E-state index in [1.165, 1.54) is 5.56 Å². The molecule has 2 aromatic rings. The number of aromatic nitrogens is 3. The van der Waals surface area contributed by atoms with Crippen molar-refractivity contribution in [1.29, 1.82) is 0 Å². The topological polar surface area (TPSA) is 51.0 Å². The van der Waals surface area contributed by atoms with Gasteiger partial charge >= 0.3 is 0 Å². The zero-order valence-corrected chi connectivity index (χ0v) is 12.1. The van der Waals surface area contributed by atoms with Crippen LogP contribution >= 0.6 is 11.8 Å². The highest BCUT2D eigenvalue weighted by Crippen LogP contribution is 2.36. The van der Waals surface area contributed by atoms with Gasteiger partial charge in [0.2, 0.25) is 5.91 Å². The predicted molar refractivity (Wildman–Crippen MR) is 78.2 cm³/mol. The first-order chi connectivity index (χ1) is 9.78. The molecule has 5 nitrogen and oxygen atoms in total. The smallest absolute Gasteiger partial charge is 0.233 e. The molecule has 6 heteroatoms. The summed E-state index contributed by atoms with van der Waals surface area (Å²) < 4.78 is 1.82. The summed E-state index contributed by atoms with van der Waals surface area (Å²) in [4.78, 5) is 13.6. The largest absolute Gasteiger partial charge is 0.324 e. The lowest BCUT2D eigenvalue weighted by Crippen LogP contribution is -2.27. The molecule has 0 radical (unpaired) electrons. The van der Waals surface area contributed by atoms with Gasteiger partial charge in [0.25, 0.3) is 0 Å². The molecular formula is C14H16N4OS. The molecule has 3 rings (SSSR count). The molecule has 1 saturated heterocycles. The molecule has 0 bridgehead atoms. The minimum absolute atomic E-state index is 0.0111. The van der Waals surface area contributed by atoms with E-state index in [2.05, 4.69) is 22.4 Å². The fourth-order valence-electron chi connectivity index (χ4n) is 2.32. The monoisotopic (exact) mass is 288 g/mol. The second-order valence-electron chi connectivity index (χ2n) is 4.67. The maximum Gasteiger partial charge on any atom is 0.233 e. The van der Waals surface area contributed by atoms with Crippen molar-refractivity contribution in [3.63, 3.8) is 0 Å². The van der Waals surface area contributed by atoms with Crippen molar-refractivity contribution in [3.8, 4) is 0 Å². The molecule has 1 amide bonds. The average Bonchev–Trinajstić information content (AvgIpc) is 3.06. The van der Waals surface area contributed by atoms with Crippen molar-refractivity contribution in [2.24, 2.45) is 0 Å². The summed E-state index contributed by atoms with van der Waals surface area (Å²) in [6.07, 6.45) is 1.94. The third-order valence-electron chi connectivity index (χ3n) is 3.31. The molecule has 1 fully saturated rings. The molecule has 1 atom stereocenters. The van der Waals surface area contributed by atoms with E-state index in [0.29, 0.717) is 18.8 Å². The van der Waals surface area contributed by atoms with Gasteiger partial charge in [-0.05, 0) is 12.5 Å². The lowest BCUT2D eigenvalue weighted by atomic mass is 10.2. The maximum absolute atomic E-state index is 11.7. The Morgan fingerprint density at radius 3 is 2.90 bits per heavy atom. The van der Waals surface area contributed by atoms with Crippen molar-refractivity contribution in [2.75, 3.05) is 12.3 Å². The summed E-state index contributed by atoms with van der Waals surface area (Å²) in [5.41, 5.74) is 2.05. The first kappa shape index (κ1) is 13.2. The van der Waals surface area contributed by atoms with Gasteiger partial charge in [0.05, 0.1) is 18.5 Å². The van der Waals surface area contributed by atoms with Crippen LogP contribution in [0.1, 0.15) is 23.6 Å². The zero-order chi connectivity index (χ0) is 13.9. The Hall–Kier alpha value is -1.82. The minimum Gasteiger partial charge on any atom is -0.324 e. The van der Waals surface area contributed by atoms with Gasteiger partial charge in [-0.25, -0.2) is 4.68 Å². The van der Waals surface area contributed by atoms with E-state index in [4.69, 9.17) is 0 Å². The molecule has 2 heterocycles. The van der Waals surface area contributed by atoms with Gasteiger partial charge in [0.1, 0.15) is 11.1 Å². The molecule has 1 unspecified atom stereocenters. The van der Waals surface area contributed by atoms with Crippen LogP contribution in [0.4, 0.5) is 0 Å². The third kappa shape index (κ3) is 2.56. The molecule has 1 aliphatic rings. The fraction of sp³-hybridized carbons (Fsp3) is 0.357. The number of benzene rings is 1. The zero-order valence-electron chi connectivity index (χ0n) is 11.3. The van der Waals surface area contributed by atoms with Crippen molar-refractivity contribution in [1.82, 2.24) is 19.9 Å². The van der Waals surface area contributed by atoms with Crippen LogP contribution in [0.2, 0.25) is 0 Å². The van der Waals surface area contributed by atoms with E-state index in [1.807, 2.05) is 40.9 Å². The molecule has 0 spiro atoms. The number of carbonyl (C=O) groups is 1.